The molecular formula is C15H15NO2S. The topological polar surface area (TPSA) is 40.5 Å². The van der Waals surface area contributed by atoms with Crippen LogP contribution in [-0.4, -0.2) is 35.1 Å². The first-order valence-corrected chi connectivity index (χ1v) is 6.31. The zero-order valence-corrected chi connectivity index (χ0v) is 11.9. The van der Waals surface area contributed by atoms with Crippen LogP contribution in [0.4, 0.5) is 0 Å². The molecule has 98 valence electrons. The van der Waals surface area contributed by atoms with Gasteiger partial charge in [0.25, 0.3) is 5.91 Å². The molecule has 0 radical (unpaired) electrons. The number of hydrogen-bond donors (Lipinski definition) is 1. The van der Waals surface area contributed by atoms with Crippen LogP contribution in [0.3, 0.4) is 0 Å². The molecule has 0 aromatic heterocycles. The minimum absolute atomic E-state index is 0.0433. The predicted molar refractivity (Wildman–Crippen MR) is 81.0 cm³/mol. The second kappa shape index (κ2) is 4.97. The van der Waals surface area contributed by atoms with E-state index >= 15 is 0 Å². The number of hydrogen-bond acceptors (Lipinski definition) is 2. The Hall–Kier alpha value is -1.94. The Morgan fingerprint density at radius 1 is 1.21 bits per heavy atom. The molecule has 0 fully saturated rings. The number of aryl methyl sites for hydroxylation is 1. The third-order valence-corrected chi connectivity index (χ3v) is 3.39. The SMILES string of the molecule is Cc1c(C(O)=S)ccc2ccc(C(=O)N(C)C)cc12. The van der Waals surface area contributed by atoms with E-state index in [0.29, 0.717) is 11.1 Å². The molecule has 1 amide bonds. The van der Waals surface area contributed by atoms with Gasteiger partial charge in [-0.1, -0.05) is 12.1 Å². The van der Waals surface area contributed by atoms with Gasteiger partial charge in [-0.05, 0) is 53.7 Å². The number of fused-ring (bicyclic) bond motifs is 1. The van der Waals surface area contributed by atoms with Crippen molar-refractivity contribution < 1.29 is 9.90 Å². The van der Waals surface area contributed by atoms with Crippen LogP contribution in [0.15, 0.2) is 30.3 Å². The van der Waals surface area contributed by atoms with Crippen molar-refractivity contribution in [2.24, 2.45) is 0 Å². The first kappa shape index (κ1) is 13.5. The zero-order valence-electron chi connectivity index (χ0n) is 11.1. The van der Waals surface area contributed by atoms with Crippen molar-refractivity contribution in [2.75, 3.05) is 14.1 Å². The number of carbonyl (C=O) groups excluding carboxylic acids is 1. The molecule has 2 rings (SSSR count). The third-order valence-electron chi connectivity index (χ3n) is 3.17. The number of nitrogens with zero attached hydrogens (tertiary/aromatic N) is 1. The molecule has 2 aromatic rings. The first-order valence-electron chi connectivity index (χ1n) is 5.90. The highest BCUT2D eigenvalue weighted by Crippen LogP contribution is 2.24. The van der Waals surface area contributed by atoms with Gasteiger partial charge in [-0.25, -0.2) is 0 Å². The van der Waals surface area contributed by atoms with Gasteiger partial charge in [-0.3, -0.25) is 4.79 Å². The Balaban J connectivity index is 2.67. The summed E-state index contributed by atoms with van der Waals surface area (Å²) < 4.78 is 0. The smallest absolute Gasteiger partial charge is 0.253 e. The summed E-state index contributed by atoms with van der Waals surface area (Å²) in [5, 5.41) is 11.3. The number of amides is 1. The molecule has 3 nitrogen and oxygen atoms in total. The summed E-state index contributed by atoms with van der Waals surface area (Å²) in [6.07, 6.45) is 0. The summed E-state index contributed by atoms with van der Waals surface area (Å²) in [7, 11) is 3.44. The maximum Gasteiger partial charge on any atom is 0.253 e. The van der Waals surface area contributed by atoms with E-state index in [9.17, 15) is 9.90 Å². The molecule has 2 aromatic carbocycles. The summed E-state index contributed by atoms with van der Waals surface area (Å²) >= 11 is 4.82. The monoisotopic (exact) mass is 273 g/mol. The molecule has 0 aliphatic rings. The van der Waals surface area contributed by atoms with Gasteiger partial charge < -0.3 is 10.0 Å². The van der Waals surface area contributed by atoms with Gasteiger partial charge in [0.15, 0.2) is 5.05 Å². The highest BCUT2D eigenvalue weighted by atomic mass is 32.1. The molecule has 4 heteroatoms. The molecule has 0 heterocycles. The van der Waals surface area contributed by atoms with E-state index in [2.05, 4.69) is 0 Å². The van der Waals surface area contributed by atoms with Crippen LogP contribution in [0.25, 0.3) is 10.8 Å². The lowest BCUT2D eigenvalue weighted by Gasteiger charge is -2.12. The van der Waals surface area contributed by atoms with E-state index in [1.807, 2.05) is 25.1 Å². The number of carbonyl (C=O) groups is 1. The highest BCUT2D eigenvalue weighted by molar-refractivity contribution is 7.80. The molecule has 0 aliphatic heterocycles. The molecule has 0 bridgehead atoms. The van der Waals surface area contributed by atoms with E-state index in [0.717, 1.165) is 16.3 Å². The van der Waals surface area contributed by atoms with Crippen LogP contribution in [0.2, 0.25) is 0 Å². The normalized spacial score (nSPS) is 10.5. The average Bonchev–Trinajstić information content (AvgIpc) is 2.37. The first-order chi connectivity index (χ1) is 8.91. The molecule has 19 heavy (non-hydrogen) atoms. The van der Waals surface area contributed by atoms with Gasteiger partial charge >= 0.3 is 0 Å². The Morgan fingerprint density at radius 3 is 2.42 bits per heavy atom. The number of aliphatic hydroxyl groups is 1. The molecule has 0 atom stereocenters. The quantitative estimate of drug-likeness (QED) is 0.855. The third kappa shape index (κ3) is 2.44. The standard InChI is InChI=1S/C15H15NO2S/c1-9-12(15(18)19)7-6-10-4-5-11(8-13(9)10)14(17)16(2)3/h4-8H,1-3H3,(H,18,19). The largest absolute Gasteiger partial charge is 0.499 e. The lowest BCUT2D eigenvalue weighted by molar-refractivity contribution is 0.0828. The zero-order chi connectivity index (χ0) is 14.2. The molecule has 0 saturated heterocycles. The summed E-state index contributed by atoms with van der Waals surface area (Å²) in [5.74, 6) is -0.0433. The minimum atomic E-state index is -0.122. The average molecular weight is 273 g/mol. The lowest BCUT2D eigenvalue weighted by atomic mass is 9.98. The van der Waals surface area contributed by atoms with E-state index in [1.54, 1.807) is 26.2 Å². The second-order valence-corrected chi connectivity index (χ2v) is 5.07. The number of aliphatic hydroxyl groups excluding tert-OH is 1. The highest BCUT2D eigenvalue weighted by Gasteiger charge is 2.11. The van der Waals surface area contributed by atoms with Gasteiger partial charge in [0.2, 0.25) is 0 Å². The summed E-state index contributed by atoms with van der Waals surface area (Å²) in [5.41, 5.74) is 2.15. The Morgan fingerprint density at radius 2 is 1.84 bits per heavy atom. The Bertz CT molecular complexity index is 677. The molecule has 0 aliphatic carbocycles. The number of rotatable bonds is 2. The van der Waals surface area contributed by atoms with Gasteiger partial charge in [0.1, 0.15) is 0 Å². The van der Waals surface area contributed by atoms with Crippen LogP contribution < -0.4 is 0 Å². The lowest BCUT2D eigenvalue weighted by Crippen LogP contribution is -2.21. The Kier molecular flexibility index (Phi) is 3.53. The van der Waals surface area contributed by atoms with Crippen molar-refractivity contribution in [1.29, 1.82) is 0 Å². The van der Waals surface area contributed by atoms with Crippen LogP contribution in [0.5, 0.6) is 0 Å². The molecule has 0 saturated carbocycles. The van der Waals surface area contributed by atoms with E-state index < -0.39 is 0 Å². The maximum absolute atomic E-state index is 12.0. The fourth-order valence-electron chi connectivity index (χ4n) is 2.09. The van der Waals surface area contributed by atoms with E-state index in [4.69, 9.17) is 12.2 Å². The van der Waals surface area contributed by atoms with E-state index in [1.165, 1.54) is 4.90 Å². The maximum atomic E-state index is 12.0. The number of thiocarbonyl (C=S) groups is 1. The summed E-state index contributed by atoms with van der Waals surface area (Å²) in [6, 6.07) is 9.25. The van der Waals surface area contributed by atoms with Crippen molar-refractivity contribution in [1.82, 2.24) is 4.90 Å². The van der Waals surface area contributed by atoms with Gasteiger partial charge in [0, 0.05) is 25.2 Å². The van der Waals surface area contributed by atoms with Crippen molar-refractivity contribution in [3.8, 4) is 0 Å². The van der Waals surface area contributed by atoms with Crippen LogP contribution in [0, 0.1) is 6.92 Å². The van der Waals surface area contributed by atoms with Gasteiger partial charge in [-0.15, -0.1) is 0 Å². The molecule has 0 spiro atoms. The van der Waals surface area contributed by atoms with Crippen molar-refractivity contribution >= 4 is 33.9 Å². The molecular weight excluding hydrogens is 258 g/mol. The van der Waals surface area contributed by atoms with Crippen molar-refractivity contribution in [2.45, 2.75) is 6.92 Å². The number of benzene rings is 2. The summed E-state index contributed by atoms with van der Waals surface area (Å²) in [4.78, 5) is 13.5. The van der Waals surface area contributed by atoms with Crippen LogP contribution in [-0.2, 0) is 0 Å². The van der Waals surface area contributed by atoms with Crippen molar-refractivity contribution in [3.05, 3.63) is 47.0 Å². The van der Waals surface area contributed by atoms with Crippen molar-refractivity contribution in [3.63, 3.8) is 0 Å². The van der Waals surface area contributed by atoms with Gasteiger partial charge in [-0.2, -0.15) is 0 Å². The Labute approximate surface area is 117 Å². The predicted octanol–water partition coefficient (Wildman–Crippen LogP) is 3.08. The van der Waals surface area contributed by atoms with Crippen LogP contribution >= 0.6 is 12.2 Å². The summed E-state index contributed by atoms with van der Waals surface area (Å²) in [6.45, 7) is 1.89. The molecule has 1 N–H and O–H groups in total. The van der Waals surface area contributed by atoms with E-state index in [-0.39, 0.29) is 11.0 Å². The fraction of sp³-hybridized carbons (Fsp3) is 0.200. The van der Waals surface area contributed by atoms with Gasteiger partial charge in [0.05, 0.1) is 0 Å². The van der Waals surface area contributed by atoms with Crippen LogP contribution in [0.1, 0.15) is 21.5 Å². The molecule has 0 unspecified atom stereocenters. The second-order valence-electron chi connectivity index (χ2n) is 4.68. The fourth-order valence-corrected chi connectivity index (χ4v) is 2.31. The minimum Gasteiger partial charge on any atom is -0.499 e.